The van der Waals surface area contributed by atoms with Gasteiger partial charge in [-0.15, -0.1) is 0 Å². The van der Waals surface area contributed by atoms with E-state index < -0.39 is 11.9 Å². The number of carboxylic acid groups (broad SMARTS) is 2. The number of carbonyl (C=O) groups is 2. The lowest BCUT2D eigenvalue weighted by atomic mass is 10.2. The normalized spacial score (nSPS) is 7.88. The minimum Gasteiger partial charge on any atom is -0.481 e. The summed E-state index contributed by atoms with van der Waals surface area (Å²) in [5.74, 6) is -1.67. The zero-order valence-corrected chi connectivity index (χ0v) is 8.85. The van der Waals surface area contributed by atoms with Gasteiger partial charge in [-0.2, -0.15) is 10.5 Å². The van der Waals surface area contributed by atoms with Gasteiger partial charge in [0.05, 0.1) is 12.1 Å². The molecule has 0 aliphatic carbocycles. The second-order valence-corrected chi connectivity index (χ2v) is 2.81. The van der Waals surface area contributed by atoms with Crippen molar-refractivity contribution in [1.82, 2.24) is 0 Å². The van der Waals surface area contributed by atoms with Crippen LogP contribution >= 0.6 is 0 Å². The fraction of sp³-hybridized carbons (Fsp3) is 0.600. The van der Waals surface area contributed by atoms with E-state index in [0.29, 0.717) is 25.7 Å². The smallest absolute Gasteiger partial charge is 0.303 e. The second kappa shape index (κ2) is 12.9. The Morgan fingerprint density at radius 1 is 0.875 bits per heavy atom. The molecule has 0 heterocycles. The maximum Gasteiger partial charge on any atom is 0.303 e. The van der Waals surface area contributed by atoms with Crippen molar-refractivity contribution in [3.63, 3.8) is 0 Å². The second-order valence-electron chi connectivity index (χ2n) is 2.81. The Labute approximate surface area is 93.7 Å². The fourth-order valence-electron chi connectivity index (χ4n) is 0.637. The summed E-state index contributed by atoms with van der Waals surface area (Å²) in [6.45, 7) is 0. The molecule has 0 rings (SSSR count). The molecule has 0 aromatic carbocycles. The van der Waals surface area contributed by atoms with Crippen LogP contribution in [0.4, 0.5) is 0 Å². The highest BCUT2D eigenvalue weighted by molar-refractivity contribution is 5.66. The van der Waals surface area contributed by atoms with E-state index in [0.717, 1.165) is 0 Å². The van der Waals surface area contributed by atoms with Crippen LogP contribution in [0.15, 0.2) is 0 Å². The first kappa shape index (κ1) is 16.4. The van der Waals surface area contributed by atoms with E-state index in [9.17, 15) is 9.59 Å². The van der Waals surface area contributed by atoms with E-state index >= 15 is 0 Å². The van der Waals surface area contributed by atoms with Crippen molar-refractivity contribution < 1.29 is 19.8 Å². The minimum absolute atomic E-state index is 0.105. The molecule has 0 aromatic heterocycles. The van der Waals surface area contributed by atoms with Crippen molar-refractivity contribution in [2.45, 2.75) is 38.5 Å². The van der Waals surface area contributed by atoms with Crippen LogP contribution in [0.2, 0.25) is 0 Å². The molecule has 0 spiro atoms. The number of carboxylic acids is 2. The summed E-state index contributed by atoms with van der Waals surface area (Å²) in [5.41, 5.74) is 0. The van der Waals surface area contributed by atoms with Gasteiger partial charge >= 0.3 is 11.9 Å². The van der Waals surface area contributed by atoms with E-state index in [-0.39, 0.29) is 12.8 Å². The third-order valence-electron chi connectivity index (χ3n) is 1.36. The predicted molar refractivity (Wildman–Crippen MR) is 54.2 cm³/mol. The number of rotatable bonds is 6. The summed E-state index contributed by atoms with van der Waals surface area (Å²) in [7, 11) is 0. The van der Waals surface area contributed by atoms with E-state index in [1.54, 1.807) is 0 Å². The lowest BCUT2D eigenvalue weighted by Gasteiger charge is -1.84. The molecule has 88 valence electrons. The molecular formula is C10H14N2O4. The summed E-state index contributed by atoms with van der Waals surface area (Å²) < 4.78 is 0. The third-order valence-corrected chi connectivity index (χ3v) is 1.36. The Hall–Kier alpha value is -2.08. The maximum absolute atomic E-state index is 9.76. The summed E-state index contributed by atoms with van der Waals surface area (Å²) in [6.07, 6.45) is 1.82. The van der Waals surface area contributed by atoms with Crippen molar-refractivity contribution >= 4 is 11.9 Å². The van der Waals surface area contributed by atoms with Crippen LogP contribution in [0.3, 0.4) is 0 Å². The summed E-state index contributed by atoms with van der Waals surface area (Å²) in [5, 5.41) is 31.9. The average molecular weight is 226 g/mol. The van der Waals surface area contributed by atoms with Gasteiger partial charge in [-0.05, 0) is 12.8 Å². The number of nitriles is 2. The van der Waals surface area contributed by atoms with Crippen LogP contribution in [-0.4, -0.2) is 22.2 Å². The minimum atomic E-state index is -0.833. The number of hydrogen-bond acceptors (Lipinski definition) is 4. The number of aliphatic carboxylic acids is 2. The van der Waals surface area contributed by atoms with E-state index in [1.165, 1.54) is 0 Å². The highest BCUT2D eigenvalue weighted by Crippen LogP contribution is 1.92. The Balaban J connectivity index is 0. The van der Waals surface area contributed by atoms with Gasteiger partial charge in [0.1, 0.15) is 0 Å². The zero-order valence-electron chi connectivity index (χ0n) is 8.85. The van der Waals surface area contributed by atoms with Gasteiger partial charge in [0.25, 0.3) is 0 Å². The van der Waals surface area contributed by atoms with Gasteiger partial charge in [-0.25, -0.2) is 0 Å². The lowest BCUT2D eigenvalue weighted by molar-refractivity contribution is -0.138. The molecule has 2 N–H and O–H groups in total. The molecule has 6 nitrogen and oxygen atoms in total. The highest BCUT2D eigenvalue weighted by atomic mass is 16.4. The van der Waals surface area contributed by atoms with E-state index in [4.69, 9.17) is 20.7 Å². The molecule has 0 atom stereocenters. The molecule has 0 amide bonds. The first-order chi connectivity index (χ1) is 7.54. The SMILES string of the molecule is N#CCCCC(=O)O.N#CCCCC(=O)O. The van der Waals surface area contributed by atoms with Gasteiger partial charge < -0.3 is 10.2 Å². The van der Waals surface area contributed by atoms with Crippen LogP contribution in [0.1, 0.15) is 38.5 Å². The number of unbranched alkanes of at least 4 members (excludes halogenated alkanes) is 2. The quantitative estimate of drug-likeness (QED) is 0.662. The summed E-state index contributed by atoms with van der Waals surface area (Å²) >= 11 is 0. The molecule has 0 aliphatic rings. The Bertz CT molecular complexity index is 258. The molecule has 0 fully saturated rings. The van der Waals surface area contributed by atoms with Crippen LogP contribution in [0, 0.1) is 22.7 Å². The Morgan fingerprint density at radius 2 is 1.19 bits per heavy atom. The van der Waals surface area contributed by atoms with Crippen molar-refractivity contribution in [3.8, 4) is 12.1 Å². The Morgan fingerprint density at radius 3 is 1.38 bits per heavy atom. The zero-order chi connectivity index (χ0) is 12.8. The van der Waals surface area contributed by atoms with Gasteiger partial charge in [0, 0.05) is 25.7 Å². The van der Waals surface area contributed by atoms with Crippen LogP contribution in [0.5, 0.6) is 0 Å². The molecular weight excluding hydrogens is 212 g/mol. The van der Waals surface area contributed by atoms with E-state index in [2.05, 4.69) is 0 Å². The molecule has 0 radical (unpaired) electrons. The first-order valence-corrected chi connectivity index (χ1v) is 4.72. The number of hydrogen-bond donors (Lipinski definition) is 2. The van der Waals surface area contributed by atoms with Crippen LogP contribution < -0.4 is 0 Å². The Kier molecular flexibility index (Phi) is 13.2. The molecule has 0 aromatic rings. The van der Waals surface area contributed by atoms with Gasteiger partial charge in [0.2, 0.25) is 0 Å². The summed E-state index contributed by atoms with van der Waals surface area (Å²) in [6, 6.07) is 3.72. The molecule has 0 saturated carbocycles. The summed E-state index contributed by atoms with van der Waals surface area (Å²) in [4.78, 5) is 19.5. The molecule has 0 unspecified atom stereocenters. The van der Waals surface area contributed by atoms with Crippen molar-refractivity contribution in [3.05, 3.63) is 0 Å². The molecule has 0 bridgehead atoms. The van der Waals surface area contributed by atoms with Gasteiger partial charge in [-0.1, -0.05) is 0 Å². The molecule has 0 saturated heterocycles. The van der Waals surface area contributed by atoms with Crippen molar-refractivity contribution in [2.75, 3.05) is 0 Å². The van der Waals surface area contributed by atoms with Crippen LogP contribution in [0.25, 0.3) is 0 Å². The first-order valence-electron chi connectivity index (χ1n) is 4.72. The standard InChI is InChI=1S/2C5H7NO2/c2*6-4-2-1-3-5(7)8/h2*1-3H2,(H,7,8). The maximum atomic E-state index is 9.76. The van der Waals surface area contributed by atoms with Crippen molar-refractivity contribution in [1.29, 1.82) is 10.5 Å². The third kappa shape index (κ3) is 22.7. The van der Waals surface area contributed by atoms with E-state index in [1.807, 2.05) is 12.1 Å². The van der Waals surface area contributed by atoms with Gasteiger partial charge in [-0.3, -0.25) is 9.59 Å². The molecule has 0 aliphatic heterocycles. The highest BCUT2D eigenvalue weighted by Gasteiger charge is 1.93. The monoisotopic (exact) mass is 226 g/mol. The van der Waals surface area contributed by atoms with Crippen LogP contribution in [-0.2, 0) is 9.59 Å². The fourth-order valence-corrected chi connectivity index (χ4v) is 0.637. The largest absolute Gasteiger partial charge is 0.481 e. The van der Waals surface area contributed by atoms with Crippen molar-refractivity contribution in [2.24, 2.45) is 0 Å². The average Bonchev–Trinajstić information content (AvgIpc) is 2.18. The molecule has 6 heteroatoms. The topological polar surface area (TPSA) is 122 Å². The number of nitrogens with zero attached hydrogens (tertiary/aromatic N) is 2. The molecule has 16 heavy (non-hydrogen) atoms. The lowest BCUT2D eigenvalue weighted by Crippen LogP contribution is -1.92. The van der Waals surface area contributed by atoms with Gasteiger partial charge in [0.15, 0.2) is 0 Å². The predicted octanol–water partition coefficient (Wildman–Crippen LogP) is 1.53.